The molecule has 0 saturated heterocycles. The van der Waals surface area contributed by atoms with Gasteiger partial charge in [0.15, 0.2) is 0 Å². The van der Waals surface area contributed by atoms with Crippen molar-refractivity contribution in [2.45, 2.75) is 25.3 Å². The molecule has 0 radical (unpaired) electrons. The summed E-state index contributed by atoms with van der Waals surface area (Å²) < 4.78 is 26.4. The number of aromatic nitrogens is 1. The van der Waals surface area contributed by atoms with Gasteiger partial charge in [-0.2, -0.15) is 0 Å². The lowest BCUT2D eigenvalue weighted by atomic mass is 10.0. The number of nitrogens with zero attached hydrogens (tertiary/aromatic N) is 1. The predicted octanol–water partition coefficient (Wildman–Crippen LogP) is 2.16. The Hall–Kier alpha value is -1.03. The van der Waals surface area contributed by atoms with Crippen molar-refractivity contribution < 1.29 is 8.78 Å². The van der Waals surface area contributed by atoms with Crippen LogP contribution in [0, 0.1) is 17.6 Å². The van der Waals surface area contributed by atoms with E-state index < -0.39 is 17.7 Å². The first-order chi connectivity index (χ1) is 6.68. The Labute approximate surface area is 81.1 Å². The molecule has 1 aromatic rings. The standard InChI is InChI=1S/C10H12F2N2/c11-7-4-14-5-8(12)10(7)9(13)3-6-1-2-6/h4-6,9H,1-3,13H2/t9-/m1/s1. The van der Waals surface area contributed by atoms with Gasteiger partial charge in [0.05, 0.1) is 12.4 Å². The van der Waals surface area contributed by atoms with Crippen LogP contribution in [-0.2, 0) is 0 Å². The van der Waals surface area contributed by atoms with E-state index in [0.29, 0.717) is 12.3 Å². The highest BCUT2D eigenvalue weighted by molar-refractivity contribution is 5.19. The third-order valence-corrected chi connectivity index (χ3v) is 2.55. The average molecular weight is 198 g/mol. The molecule has 4 heteroatoms. The fourth-order valence-electron chi connectivity index (χ4n) is 1.61. The molecule has 14 heavy (non-hydrogen) atoms. The van der Waals surface area contributed by atoms with Crippen molar-refractivity contribution in [3.05, 3.63) is 29.6 Å². The molecule has 1 aliphatic carbocycles. The number of hydrogen-bond donors (Lipinski definition) is 1. The van der Waals surface area contributed by atoms with Crippen molar-refractivity contribution in [2.75, 3.05) is 0 Å². The van der Waals surface area contributed by atoms with Crippen molar-refractivity contribution in [1.29, 1.82) is 0 Å². The largest absolute Gasteiger partial charge is 0.324 e. The van der Waals surface area contributed by atoms with Crippen molar-refractivity contribution in [3.8, 4) is 0 Å². The number of rotatable bonds is 3. The quantitative estimate of drug-likeness (QED) is 0.808. The molecule has 0 aromatic carbocycles. The summed E-state index contributed by atoms with van der Waals surface area (Å²) in [5, 5.41) is 0. The van der Waals surface area contributed by atoms with E-state index in [2.05, 4.69) is 4.98 Å². The molecule has 76 valence electrons. The summed E-state index contributed by atoms with van der Waals surface area (Å²) in [6.07, 6.45) is 4.93. The number of halogens is 2. The van der Waals surface area contributed by atoms with Gasteiger partial charge in [0.1, 0.15) is 11.6 Å². The molecule has 1 aromatic heterocycles. The smallest absolute Gasteiger partial charge is 0.149 e. The maximum absolute atomic E-state index is 13.2. The van der Waals surface area contributed by atoms with Gasteiger partial charge in [-0.3, -0.25) is 4.98 Å². The van der Waals surface area contributed by atoms with Crippen molar-refractivity contribution >= 4 is 0 Å². The minimum atomic E-state index is -0.641. The lowest BCUT2D eigenvalue weighted by Crippen LogP contribution is -2.15. The van der Waals surface area contributed by atoms with E-state index in [1.165, 1.54) is 0 Å². The van der Waals surface area contributed by atoms with Gasteiger partial charge in [-0.05, 0) is 12.3 Å². The molecular weight excluding hydrogens is 186 g/mol. The fourth-order valence-corrected chi connectivity index (χ4v) is 1.61. The minimum absolute atomic E-state index is 0.0214. The summed E-state index contributed by atoms with van der Waals surface area (Å²) in [6, 6.07) is -0.537. The second-order valence-electron chi connectivity index (χ2n) is 3.80. The maximum Gasteiger partial charge on any atom is 0.149 e. The van der Waals surface area contributed by atoms with E-state index >= 15 is 0 Å². The molecule has 0 aliphatic heterocycles. The monoisotopic (exact) mass is 198 g/mol. The maximum atomic E-state index is 13.2. The van der Waals surface area contributed by atoms with E-state index in [1.807, 2.05) is 0 Å². The Kier molecular flexibility index (Phi) is 2.46. The second kappa shape index (κ2) is 3.61. The van der Waals surface area contributed by atoms with E-state index in [0.717, 1.165) is 25.2 Å². The van der Waals surface area contributed by atoms with Crippen LogP contribution in [0.4, 0.5) is 8.78 Å². The van der Waals surface area contributed by atoms with Crippen molar-refractivity contribution in [2.24, 2.45) is 11.7 Å². The van der Waals surface area contributed by atoms with Gasteiger partial charge < -0.3 is 5.73 Å². The molecule has 0 bridgehead atoms. The van der Waals surface area contributed by atoms with Crippen LogP contribution in [0.25, 0.3) is 0 Å². The van der Waals surface area contributed by atoms with Crippen LogP contribution in [0.1, 0.15) is 30.9 Å². The Bertz CT molecular complexity index is 317. The van der Waals surface area contributed by atoms with E-state index in [9.17, 15) is 8.78 Å². The third kappa shape index (κ3) is 1.90. The minimum Gasteiger partial charge on any atom is -0.324 e. The molecule has 1 heterocycles. The van der Waals surface area contributed by atoms with Crippen LogP contribution in [-0.4, -0.2) is 4.98 Å². The predicted molar refractivity (Wildman–Crippen MR) is 48.4 cm³/mol. The summed E-state index contributed by atoms with van der Waals surface area (Å²) in [7, 11) is 0. The van der Waals surface area contributed by atoms with Gasteiger partial charge in [0.2, 0.25) is 0 Å². The van der Waals surface area contributed by atoms with Gasteiger partial charge in [-0.1, -0.05) is 12.8 Å². The highest BCUT2D eigenvalue weighted by Gasteiger charge is 2.27. The highest BCUT2D eigenvalue weighted by Crippen LogP contribution is 2.37. The van der Waals surface area contributed by atoms with E-state index in [1.54, 1.807) is 0 Å². The molecule has 0 amide bonds. The van der Waals surface area contributed by atoms with Crippen molar-refractivity contribution in [1.82, 2.24) is 4.98 Å². The van der Waals surface area contributed by atoms with Crippen LogP contribution in [0.5, 0.6) is 0 Å². The zero-order valence-corrected chi connectivity index (χ0v) is 7.71. The first-order valence-electron chi connectivity index (χ1n) is 4.73. The Morgan fingerprint density at radius 1 is 1.36 bits per heavy atom. The van der Waals surface area contributed by atoms with Crippen LogP contribution < -0.4 is 5.73 Å². The van der Waals surface area contributed by atoms with Crippen LogP contribution in [0.2, 0.25) is 0 Å². The SMILES string of the molecule is N[C@H](CC1CC1)c1c(F)cncc1F. The fraction of sp³-hybridized carbons (Fsp3) is 0.500. The zero-order valence-electron chi connectivity index (χ0n) is 7.71. The molecule has 1 atom stereocenters. The molecular formula is C10H12F2N2. The number of hydrogen-bond acceptors (Lipinski definition) is 2. The summed E-state index contributed by atoms with van der Waals surface area (Å²) in [5.74, 6) is -0.728. The average Bonchev–Trinajstić information content (AvgIpc) is 2.87. The van der Waals surface area contributed by atoms with Crippen LogP contribution >= 0.6 is 0 Å². The second-order valence-corrected chi connectivity index (χ2v) is 3.80. The van der Waals surface area contributed by atoms with Gasteiger partial charge in [0, 0.05) is 11.6 Å². The van der Waals surface area contributed by atoms with Gasteiger partial charge >= 0.3 is 0 Å². The van der Waals surface area contributed by atoms with Crippen LogP contribution in [0.15, 0.2) is 12.4 Å². The summed E-state index contributed by atoms with van der Waals surface area (Å²) >= 11 is 0. The van der Waals surface area contributed by atoms with Crippen molar-refractivity contribution in [3.63, 3.8) is 0 Å². The summed E-state index contributed by atoms with van der Waals surface area (Å²) in [4.78, 5) is 3.42. The zero-order chi connectivity index (χ0) is 10.1. The molecule has 2 N–H and O–H groups in total. The topological polar surface area (TPSA) is 38.9 Å². The third-order valence-electron chi connectivity index (χ3n) is 2.55. The van der Waals surface area contributed by atoms with Gasteiger partial charge in [-0.15, -0.1) is 0 Å². The first kappa shape index (κ1) is 9.52. The Morgan fingerprint density at radius 3 is 2.43 bits per heavy atom. The Morgan fingerprint density at radius 2 is 1.93 bits per heavy atom. The normalized spacial score (nSPS) is 18.2. The van der Waals surface area contributed by atoms with Gasteiger partial charge in [-0.25, -0.2) is 8.78 Å². The molecule has 2 rings (SSSR count). The summed E-state index contributed by atoms with van der Waals surface area (Å²) in [5.41, 5.74) is 5.71. The van der Waals surface area contributed by atoms with E-state index in [4.69, 9.17) is 5.73 Å². The molecule has 0 spiro atoms. The van der Waals surface area contributed by atoms with Gasteiger partial charge in [0.25, 0.3) is 0 Å². The molecule has 2 nitrogen and oxygen atoms in total. The Balaban J connectivity index is 2.19. The first-order valence-corrected chi connectivity index (χ1v) is 4.73. The lowest BCUT2D eigenvalue weighted by molar-refractivity contribution is 0.492. The molecule has 1 saturated carbocycles. The summed E-state index contributed by atoms with van der Waals surface area (Å²) in [6.45, 7) is 0. The molecule has 1 aliphatic rings. The number of nitrogens with two attached hydrogens (primary N) is 1. The highest BCUT2D eigenvalue weighted by atomic mass is 19.1. The van der Waals surface area contributed by atoms with Crippen LogP contribution in [0.3, 0.4) is 0 Å². The molecule has 1 fully saturated rings. The lowest BCUT2D eigenvalue weighted by Gasteiger charge is -2.12. The van der Waals surface area contributed by atoms with E-state index in [-0.39, 0.29) is 5.56 Å². The molecule has 0 unspecified atom stereocenters. The number of pyridine rings is 1.